The van der Waals surface area contributed by atoms with E-state index in [1.807, 2.05) is 54.6 Å². The molecule has 0 unspecified atom stereocenters. The first-order valence-corrected chi connectivity index (χ1v) is 6.87. The van der Waals surface area contributed by atoms with Gasteiger partial charge < -0.3 is 5.32 Å². The highest BCUT2D eigenvalue weighted by molar-refractivity contribution is 5.99. The lowest BCUT2D eigenvalue weighted by molar-refractivity contribution is -0.116. The van der Waals surface area contributed by atoms with Gasteiger partial charge in [0.15, 0.2) is 5.82 Å². The van der Waals surface area contributed by atoms with Crippen LogP contribution in [0.1, 0.15) is 12.0 Å². The molecule has 0 spiro atoms. The minimum absolute atomic E-state index is 0.0514. The number of carbonyl (C=O) groups is 1. The third kappa shape index (κ3) is 3.23. The molecule has 1 heterocycles. The SMILES string of the molecule is O=C(CCc1ccccc1)Nc1nncc2ccccc12. The Bertz CT molecular complexity index is 751. The van der Waals surface area contributed by atoms with Gasteiger partial charge in [-0.1, -0.05) is 54.6 Å². The molecule has 0 bridgehead atoms. The molecule has 0 atom stereocenters. The van der Waals surface area contributed by atoms with Crippen molar-refractivity contribution in [1.82, 2.24) is 10.2 Å². The molecule has 3 rings (SSSR count). The second-order valence-corrected chi connectivity index (χ2v) is 4.81. The number of aryl methyl sites for hydroxylation is 1. The molecule has 104 valence electrons. The summed E-state index contributed by atoms with van der Waals surface area (Å²) in [4.78, 5) is 12.1. The highest BCUT2D eigenvalue weighted by Gasteiger charge is 2.07. The Balaban J connectivity index is 1.69. The number of nitrogens with one attached hydrogen (secondary N) is 1. The summed E-state index contributed by atoms with van der Waals surface area (Å²) < 4.78 is 0. The lowest BCUT2D eigenvalue weighted by Gasteiger charge is -2.06. The zero-order valence-corrected chi connectivity index (χ0v) is 11.5. The minimum Gasteiger partial charge on any atom is -0.309 e. The van der Waals surface area contributed by atoms with Gasteiger partial charge in [0.05, 0.1) is 6.20 Å². The third-order valence-electron chi connectivity index (χ3n) is 3.31. The molecule has 0 aliphatic rings. The van der Waals surface area contributed by atoms with E-state index in [2.05, 4.69) is 15.5 Å². The molecular formula is C17H15N3O. The number of hydrogen-bond acceptors (Lipinski definition) is 3. The molecule has 3 aromatic rings. The summed E-state index contributed by atoms with van der Waals surface area (Å²) in [6.45, 7) is 0. The molecular weight excluding hydrogens is 262 g/mol. The summed E-state index contributed by atoms with van der Waals surface area (Å²) >= 11 is 0. The van der Waals surface area contributed by atoms with Gasteiger partial charge in [-0.3, -0.25) is 4.79 Å². The molecule has 0 fully saturated rings. The van der Waals surface area contributed by atoms with Crippen molar-refractivity contribution in [3.63, 3.8) is 0 Å². The lowest BCUT2D eigenvalue weighted by atomic mass is 10.1. The standard InChI is InChI=1S/C17H15N3O/c21-16(11-10-13-6-2-1-3-7-13)19-17-15-9-5-4-8-14(15)12-18-20-17/h1-9,12H,10-11H2,(H,19,20,21). The number of benzene rings is 2. The Morgan fingerprint density at radius 1 is 1.00 bits per heavy atom. The Morgan fingerprint density at radius 2 is 1.76 bits per heavy atom. The van der Waals surface area contributed by atoms with E-state index in [0.29, 0.717) is 18.7 Å². The number of fused-ring (bicyclic) bond motifs is 1. The molecule has 4 nitrogen and oxygen atoms in total. The highest BCUT2D eigenvalue weighted by atomic mass is 16.1. The normalized spacial score (nSPS) is 10.5. The molecule has 1 N–H and O–H groups in total. The smallest absolute Gasteiger partial charge is 0.225 e. The van der Waals surface area contributed by atoms with Crippen LogP contribution in [0.2, 0.25) is 0 Å². The van der Waals surface area contributed by atoms with Crippen LogP contribution in [-0.2, 0) is 11.2 Å². The summed E-state index contributed by atoms with van der Waals surface area (Å²) in [5.74, 6) is 0.468. The molecule has 1 amide bonds. The van der Waals surface area contributed by atoms with Crippen LogP contribution in [0, 0.1) is 0 Å². The van der Waals surface area contributed by atoms with E-state index in [-0.39, 0.29) is 5.91 Å². The number of carbonyl (C=O) groups excluding carboxylic acids is 1. The second-order valence-electron chi connectivity index (χ2n) is 4.81. The first-order chi connectivity index (χ1) is 10.3. The molecule has 0 saturated heterocycles. The van der Waals surface area contributed by atoms with Gasteiger partial charge in [0.2, 0.25) is 5.91 Å². The van der Waals surface area contributed by atoms with Gasteiger partial charge in [-0.25, -0.2) is 0 Å². The van der Waals surface area contributed by atoms with E-state index in [9.17, 15) is 4.79 Å². The predicted octanol–water partition coefficient (Wildman–Crippen LogP) is 3.20. The molecule has 0 radical (unpaired) electrons. The Labute approximate surface area is 122 Å². The van der Waals surface area contributed by atoms with Crippen LogP contribution in [0.15, 0.2) is 60.8 Å². The van der Waals surface area contributed by atoms with Gasteiger partial charge in [0, 0.05) is 17.2 Å². The van der Waals surface area contributed by atoms with Gasteiger partial charge >= 0.3 is 0 Å². The Morgan fingerprint density at radius 3 is 2.62 bits per heavy atom. The van der Waals surface area contributed by atoms with Gasteiger partial charge in [-0.15, -0.1) is 5.10 Å². The molecule has 0 aliphatic carbocycles. The van der Waals surface area contributed by atoms with E-state index in [1.165, 1.54) is 0 Å². The zero-order valence-electron chi connectivity index (χ0n) is 11.5. The van der Waals surface area contributed by atoms with Gasteiger partial charge in [-0.05, 0) is 12.0 Å². The molecule has 4 heteroatoms. The second kappa shape index (κ2) is 6.13. The minimum atomic E-state index is -0.0514. The highest BCUT2D eigenvalue weighted by Crippen LogP contribution is 2.19. The van der Waals surface area contributed by atoms with E-state index < -0.39 is 0 Å². The van der Waals surface area contributed by atoms with E-state index in [1.54, 1.807) is 6.20 Å². The first kappa shape index (κ1) is 13.2. The van der Waals surface area contributed by atoms with Crippen molar-refractivity contribution in [2.45, 2.75) is 12.8 Å². The van der Waals surface area contributed by atoms with Crippen molar-refractivity contribution < 1.29 is 4.79 Å². The van der Waals surface area contributed by atoms with Crippen LogP contribution < -0.4 is 5.32 Å². The summed E-state index contributed by atoms with van der Waals surface area (Å²) in [5.41, 5.74) is 1.15. The van der Waals surface area contributed by atoms with Crippen molar-refractivity contribution in [3.8, 4) is 0 Å². The third-order valence-corrected chi connectivity index (χ3v) is 3.31. The predicted molar refractivity (Wildman–Crippen MR) is 82.9 cm³/mol. The van der Waals surface area contributed by atoms with E-state index in [0.717, 1.165) is 16.3 Å². The van der Waals surface area contributed by atoms with Crippen LogP contribution >= 0.6 is 0 Å². The fourth-order valence-corrected chi connectivity index (χ4v) is 2.22. The Hall–Kier alpha value is -2.75. The molecule has 2 aromatic carbocycles. The number of amides is 1. The van der Waals surface area contributed by atoms with Gasteiger partial charge in [-0.2, -0.15) is 5.10 Å². The fraction of sp³-hybridized carbons (Fsp3) is 0.118. The van der Waals surface area contributed by atoms with Crippen molar-refractivity contribution in [2.24, 2.45) is 0 Å². The quantitative estimate of drug-likeness (QED) is 0.796. The van der Waals surface area contributed by atoms with Crippen molar-refractivity contribution >= 4 is 22.5 Å². The maximum absolute atomic E-state index is 12.1. The molecule has 21 heavy (non-hydrogen) atoms. The van der Waals surface area contributed by atoms with Crippen LogP contribution in [0.25, 0.3) is 10.8 Å². The van der Waals surface area contributed by atoms with Crippen LogP contribution in [0.3, 0.4) is 0 Å². The lowest BCUT2D eigenvalue weighted by Crippen LogP contribution is -2.14. The molecule has 0 aliphatic heterocycles. The number of rotatable bonds is 4. The summed E-state index contributed by atoms with van der Waals surface area (Å²) in [6.07, 6.45) is 2.83. The maximum Gasteiger partial charge on any atom is 0.225 e. The average Bonchev–Trinajstić information content (AvgIpc) is 2.54. The van der Waals surface area contributed by atoms with Gasteiger partial charge in [0.25, 0.3) is 0 Å². The maximum atomic E-state index is 12.1. The number of nitrogens with zero attached hydrogens (tertiary/aromatic N) is 2. The molecule has 0 saturated carbocycles. The van der Waals surface area contributed by atoms with Crippen LogP contribution in [0.5, 0.6) is 0 Å². The van der Waals surface area contributed by atoms with Crippen LogP contribution in [-0.4, -0.2) is 16.1 Å². The summed E-state index contributed by atoms with van der Waals surface area (Å²) in [5, 5.41) is 12.6. The first-order valence-electron chi connectivity index (χ1n) is 6.87. The Kier molecular flexibility index (Phi) is 3.87. The average molecular weight is 277 g/mol. The summed E-state index contributed by atoms with van der Waals surface area (Å²) in [7, 11) is 0. The fourth-order valence-electron chi connectivity index (χ4n) is 2.22. The van der Waals surface area contributed by atoms with E-state index >= 15 is 0 Å². The summed E-state index contributed by atoms with van der Waals surface area (Å²) in [6, 6.07) is 17.7. The zero-order chi connectivity index (χ0) is 14.5. The van der Waals surface area contributed by atoms with Gasteiger partial charge in [0.1, 0.15) is 0 Å². The van der Waals surface area contributed by atoms with Crippen molar-refractivity contribution in [1.29, 1.82) is 0 Å². The van der Waals surface area contributed by atoms with E-state index in [4.69, 9.17) is 0 Å². The largest absolute Gasteiger partial charge is 0.309 e. The van der Waals surface area contributed by atoms with Crippen LogP contribution in [0.4, 0.5) is 5.82 Å². The topological polar surface area (TPSA) is 54.9 Å². The number of hydrogen-bond donors (Lipinski definition) is 1. The monoisotopic (exact) mass is 277 g/mol. The number of aromatic nitrogens is 2. The molecule has 1 aromatic heterocycles. The van der Waals surface area contributed by atoms with Crippen molar-refractivity contribution in [2.75, 3.05) is 5.32 Å². The van der Waals surface area contributed by atoms with Crippen molar-refractivity contribution in [3.05, 3.63) is 66.4 Å². The number of anilines is 1.